The fourth-order valence-corrected chi connectivity index (χ4v) is 4.27. The zero-order chi connectivity index (χ0) is 21.0. The molecule has 1 aliphatic heterocycles. The molecule has 4 rings (SSSR count). The molecule has 1 aliphatic rings. The summed E-state index contributed by atoms with van der Waals surface area (Å²) in [4.78, 5) is 28.4. The van der Waals surface area contributed by atoms with Crippen LogP contribution in [0.1, 0.15) is 16.0 Å². The van der Waals surface area contributed by atoms with Gasteiger partial charge in [-0.05, 0) is 22.6 Å². The van der Waals surface area contributed by atoms with Crippen LogP contribution in [0.2, 0.25) is 0 Å². The van der Waals surface area contributed by atoms with Gasteiger partial charge < -0.3 is 15.2 Å². The molecule has 2 aromatic carbocycles. The van der Waals surface area contributed by atoms with E-state index in [1.54, 1.807) is 11.3 Å². The Labute approximate surface area is 178 Å². The molecule has 0 spiro atoms. The molecule has 1 saturated heterocycles. The van der Waals surface area contributed by atoms with Crippen LogP contribution in [0.4, 0.5) is 4.79 Å². The lowest BCUT2D eigenvalue weighted by atomic mass is 9.82. The molecule has 1 atom stereocenters. The summed E-state index contributed by atoms with van der Waals surface area (Å²) in [5.41, 5.74) is 0.0120. The lowest BCUT2D eigenvalue weighted by Crippen LogP contribution is -2.45. The van der Waals surface area contributed by atoms with E-state index in [1.807, 2.05) is 78.2 Å². The average Bonchev–Trinajstić information content (AvgIpc) is 3.38. The van der Waals surface area contributed by atoms with Gasteiger partial charge >= 0.3 is 6.03 Å². The highest BCUT2D eigenvalue weighted by atomic mass is 32.1. The Morgan fingerprint density at radius 1 is 0.967 bits per heavy atom. The summed E-state index contributed by atoms with van der Waals surface area (Å²) in [7, 11) is 0. The number of amides is 3. The third-order valence-corrected chi connectivity index (χ3v) is 5.90. The number of thiophene rings is 1. The van der Waals surface area contributed by atoms with E-state index in [9.17, 15) is 14.7 Å². The zero-order valence-electron chi connectivity index (χ0n) is 16.2. The van der Waals surface area contributed by atoms with Crippen LogP contribution in [0.3, 0.4) is 0 Å². The minimum Gasteiger partial charge on any atom is -0.389 e. The number of β-amino-alcohol motifs (C(OH)–C–C–N with tert-alkyl or cyclic N) is 1. The molecule has 1 unspecified atom stereocenters. The predicted octanol–water partition coefficient (Wildman–Crippen LogP) is 3.12. The van der Waals surface area contributed by atoms with Crippen molar-refractivity contribution in [1.29, 1.82) is 0 Å². The van der Waals surface area contributed by atoms with Crippen LogP contribution in [-0.2, 0) is 21.7 Å². The molecular formula is C23H22N2O4S. The van der Waals surface area contributed by atoms with Crippen molar-refractivity contribution in [1.82, 2.24) is 10.2 Å². The molecule has 3 aromatic rings. The fraction of sp³-hybridized carbons (Fsp3) is 0.217. The van der Waals surface area contributed by atoms with Crippen LogP contribution in [0.25, 0.3) is 0 Å². The maximum absolute atomic E-state index is 13.5. The van der Waals surface area contributed by atoms with Crippen LogP contribution in [0.15, 0.2) is 78.2 Å². The molecule has 2 N–H and O–H groups in total. The third-order valence-electron chi connectivity index (χ3n) is 5.05. The number of rotatable bonds is 8. The molecule has 7 heteroatoms. The Morgan fingerprint density at radius 2 is 1.60 bits per heavy atom. The SMILES string of the molecule is O=C1NC(c2ccccc2)(c2ccccc2)C(=O)N1CC(O)COCc1cccs1. The van der Waals surface area contributed by atoms with E-state index < -0.39 is 23.6 Å². The maximum Gasteiger partial charge on any atom is 0.325 e. The predicted molar refractivity (Wildman–Crippen MR) is 114 cm³/mol. The lowest BCUT2D eigenvalue weighted by Gasteiger charge is -2.28. The summed E-state index contributed by atoms with van der Waals surface area (Å²) in [5, 5.41) is 15.2. The number of benzene rings is 2. The number of carbonyl (C=O) groups is 2. The number of urea groups is 1. The van der Waals surface area contributed by atoms with E-state index in [1.165, 1.54) is 0 Å². The molecule has 30 heavy (non-hydrogen) atoms. The first-order valence-electron chi connectivity index (χ1n) is 9.64. The van der Waals surface area contributed by atoms with Gasteiger partial charge in [0.2, 0.25) is 0 Å². The van der Waals surface area contributed by atoms with E-state index in [-0.39, 0.29) is 13.2 Å². The fourth-order valence-electron chi connectivity index (χ4n) is 3.63. The van der Waals surface area contributed by atoms with Gasteiger partial charge in [0.05, 0.1) is 25.9 Å². The molecule has 0 aliphatic carbocycles. The highest BCUT2D eigenvalue weighted by Gasteiger charge is 2.53. The number of carbonyl (C=O) groups excluding carboxylic acids is 2. The van der Waals surface area contributed by atoms with Gasteiger partial charge in [0.15, 0.2) is 5.54 Å². The zero-order valence-corrected chi connectivity index (χ0v) is 17.0. The van der Waals surface area contributed by atoms with Gasteiger partial charge in [0, 0.05) is 4.88 Å². The molecule has 0 radical (unpaired) electrons. The molecule has 1 fully saturated rings. The molecule has 3 amide bonds. The van der Waals surface area contributed by atoms with Gasteiger partial charge in [-0.25, -0.2) is 4.79 Å². The van der Waals surface area contributed by atoms with Gasteiger partial charge in [-0.2, -0.15) is 0 Å². The molecule has 2 heterocycles. The number of hydrogen-bond donors (Lipinski definition) is 2. The first kappa shape index (κ1) is 20.3. The largest absolute Gasteiger partial charge is 0.389 e. The van der Waals surface area contributed by atoms with E-state index in [0.717, 1.165) is 9.78 Å². The van der Waals surface area contributed by atoms with Crippen molar-refractivity contribution in [3.05, 3.63) is 94.2 Å². The number of hydrogen-bond acceptors (Lipinski definition) is 5. The van der Waals surface area contributed by atoms with Gasteiger partial charge in [0.25, 0.3) is 5.91 Å². The second-order valence-corrected chi connectivity index (χ2v) is 8.11. The minimum atomic E-state index is -1.32. The molecule has 154 valence electrons. The standard InChI is InChI=1S/C23H22N2O4S/c26-19(15-29-16-20-12-7-13-30-20)14-25-21(27)23(24-22(25)28,17-8-3-1-4-9-17)18-10-5-2-6-11-18/h1-13,19,26H,14-16H2,(H,24,28). The highest BCUT2D eigenvalue weighted by molar-refractivity contribution is 7.09. The van der Waals surface area contributed by atoms with E-state index >= 15 is 0 Å². The van der Waals surface area contributed by atoms with Crippen molar-refractivity contribution in [2.24, 2.45) is 0 Å². The number of imide groups is 1. The lowest BCUT2D eigenvalue weighted by molar-refractivity contribution is -0.131. The van der Waals surface area contributed by atoms with Crippen molar-refractivity contribution < 1.29 is 19.4 Å². The first-order valence-corrected chi connectivity index (χ1v) is 10.5. The Bertz CT molecular complexity index is 953. The van der Waals surface area contributed by atoms with Crippen LogP contribution in [0, 0.1) is 0 Å². The Kier molecular flexibility index (Phi) is 5.94. The normalized spacial score (nSPS) is 16.5. The summed E-state index contributed by atoms with van der Waals surface area (Å²) < 4.78 is 5.53. The van der Waals surface area contributed by atoms with E-state index in [2.05, 4.69) is 5.32 Å². The van der Waals surface area contributed by atoms with Gasteiger partial charge in [-0.15, -0.1) is 11.3 Å². The third kappa shape index (κ3) is 3.87. The van der Waals surface area contributed by atoms with E-state index in [4.69, 9.17) is 4.74 Å². The second-order valence-electron chi connectivity index (χ2n) is 7.08. The van der Waals surface area contributed by atoms with Crippen molar-refractivity contribution in [3.63, 3.8) is 0 Å². The van der Waals surface area contributed by atoms with Gasteiger partial charge in [0.1, 0.15) is 0 Å². The van der Waals surface area contributed by atoms with Crippen molar-refractivity contribution in [2.45, 2.75) is 18.2 Å². The average molecular weight is 423 g/mol. The topological polar surface area (TPSA) is 78.9 Å². The summed E-state index contributed by atoms with van der Waals surface area (Å²) in [5.74, 6) is -0.415. The smallest absolute Gasteiger partial charge is 0.325 e. The molecule has 0 bridgehead atoms. The molecular weight excluding hydrogens is 400 g/mol. The number of nitrogens with one attached hydrogen (secondary N) is 1. The number of aliphatic hydroxyl groups excluding tert-OH is 1. The molecule has 1 aromatic heterocycles. The highest BCUT2D eigenvalue weighted by Crippen LogP contribution is 2.36. The quantitative estimate of drug-likeness (QED) is 0.547. The number of ether oxygens (including phenoxy) is 1. The molecule has 0 saturated carbocycles. The van der Waals surface area contributed by atoms with Gasteiger partial charge in [-0.1, -0.05) is 66.7 Å². The van der Waals surface area contributed by atoms with Crippen LogP contribution >= 0.6 is 11.3 Å². The van der Waals surface area contributed by atoms with Gasteiger partial charge in [-0.3, -0.25) is 9.69 Å². The van der Waals surface area contributed by atoms with Crippen molar-refractivity contribution >= 4 is 23.3 Å². The van der Waals surface area contributed by atoms with Crippen LogP contribution in [0.5, 0.6) is 0 Å². The minimum absolute atomic E-state index is 0.0264. The van der Waals surface area contributed by atoms with E-state index in [0.29, 0.717) is 17.7 Å². The maximum atomic E-state index is 13.5. The monoisotopic (exact) mass is 422 g/mol. The van der Waals surface area contributed by atoms with Crippen LogP contribution < -0.4 is 5.32 Å². The summed E-state index contributed by atoms with van der Waals surface area (Å²) >= 11 is 1.57. The Balaban J connectivity index is 1.53. The molecule has 6 nitrogen and oxygen atoms in total. The first-order chi connectivity index (χ1) is 14.6. The Morgan fingerprint density at radius 3 is 2.17 bits per heavy atom. The van der Waals surface area contributed by atoms with Crippen molar-refractivity contribution in [2.75, 3.05) is 13.2 Å². The summed E-state index contributed by atoms with van der Waals surface area (Å²) in [6, 6.07) is 21.6. The summed E-state index contributed by atoms with van der Waals surface area (Å²) in [6.07, 6.45) is -0.984. The number of aliphatic hydroxyl groups is 1. The Hall–Kier alpha value is -3.00. The second kappa shape index (κ2) is 8.79. The van der Waals surface area contributed by atoms with Crippen LogP contribution in [-0.4, -0.2) is 41.2 Å². The van der Waals surface area contributed by atoms with Crippen molar-refractivity contribution in [3.8, 4) is 0 Å². The summed E-state index contributed by atoms with van der Waals surface area (Å²) in [6.45, 7) is 0.266. The number of nitrogens with zero attached hydrogens (tertiary/aromatic N) is 1.